The normalized spacial score (nSPS) is 36.7. The minimum absolute atomic E-state index is 0.280. The third-order valence-corrected chi connectivity index (χ3v) is 5.96. The van der Waals surface area contributed by atoms with Gasteiger partial charge in [-0.1, -0.05) is 6.42 Å². The number of hydrogen-bond acceptors (Lipinski definition) is 2. The smallest absolute Gasteiger partial charge is 0.222 e. The Kier molecular flexibility index (Phi) is 3.84. The number of nitrogens with zero attached hydrogens (tertiary/aromatic N) is 1. The van der Waals surface area contributed by atoms with Gasteiger partial charge in [0.2, 0.25) is 5.91 Å². The highest BCUT2D eigenvalue weighted by Gasteiger charge is 2.40. The van der Waals surface area contributed by atoms with Crippen LogP contribution in [0.25, 0.3) is 0 Å². The summed E-state index contributed by atoms with van der Waals surface area (Å²) >= 11 is 0. The number of nitrogens with two attached hydrogens (primary N) is 1. The number of rotatable bonds is 3. The van der Waals surface area contributed by atoms with Crippen LogP contribution >= 0.6 is 0 Å². The second-order valence-electron chi connectivity index (χ2n) is 7.22. The Labute approximate surface area is 116 Å². The lowest BCUT2D eigenvalue weighted by Crippen LogP contribution is -2.43. The minimum Gasteiger partial charge on any atom is -0.343 e. The maximum absolute atomic E-state index is 12.4. The molecular formula is C16H28N2O. The molecule has 0 aromatic heterocycles. The number of carbonyl (C=O) groups excluding carboxylic acids is 1. The Balaban J connectivity index is 1.46. The molecule has 2 saturated carbocycles. The fraction of sp³-hybridized carbons (Fsp3) is 0.938. The molecule has 1 amide bonds. The second kappa shape index (κ2) is 5.43. The summed E-state index contributed by atoms with van der Waals surface area (Å²) in [6.45, 7) is 3.97. The number of carbonyl (C=O) groups is 1. The molecule has 19 heavy (non-hydrogen) atoms. The third-order valence-electron chi connectivity index (χ3n) is 5.96. The molecule has 2 bridgehead atoms. The molecule has 2 aliphatic carbocycles. The van der Waals surface area contributed by atoms with Gasteiger partial charge in [-0.15, -0.1) is 0 Å². The molecular weight excluding hydrogens is 236 g/mol. The lowest BCUT2D eigenvalue weighted by Gasteiger charge is -2.35. The van der Waals surface area contributed by atoms with Crippen molar-refractivity contribution in [1.29, 1.82) is 0 Å². The van der Waals surface area contributed by atoms with Gasteiger partial charge in [-0.2, -0.15) is 0 Å². The van der Waals surface area contributed by atoms with Gasteiger partial charge in [0.25, 0.3) is 0 Å². The van der Waals surface area contributed by atoms with E-state index in [1.807, 2.05) is 0 Å². The molecule has 1 heterocycles. The van der Waals surface area contributed by atoms with E-state index >= 15 is 0 Å². The van der Waals surface area contributed by atoms with E-state index in [-0.39, 0.29) is 6.04 Å². The molecule has 0 spiro atoms. The molecule has 1 saturated heterocycles. The lowest BCUT2D eigenvalue weighted by atomic mass is 9.85. The topological polar surface area (TPSA) is 46.3 Å². The molecule has 3 rings (SSSR count). The van der Waals surface area contributed by atoms with Crippen molar-refractivity contribution in [2.75, 3.05) is 13.1 Å². The maximum Gasteiger partial charge on any atom is 0.222 e. The molecule has 1 aliphatic heterocycles. The molecule has 0 aromatic carbocycles. The molecule has 3 heteroatoms. The zero-order valence-electron chi connectivity index (χ0n) is 12.2. The molecule has 3 aliphatic rings. The average Bonchev–Trinajstić information content (AvgIpc) is 3.01. The van der Waals surface area contributed by atoms with E-state index < -0.39 is 0 Å². The van der Waals surface area contributed by atoms with Gasteiger partial charge in [0.15, 0.2) is 0 Å². The summed E-state index contributed by atoms with van der Waals surface area (Å²) in [6, 6.07) is 0.280. The van der Waals surface area contributed by atoms with Crippen molar-refractivity contribution in [2.45, 2.75) is 57.9 Å². The predicted molar refractivity (Wildman–Crippen MR) is 76.5 cm³/mol. The highest BCUT2D eigenvalue weighted by atomic mass is 16.2. The van der Waals surface area contributed by atoms with Crippen LogP contribution in [0.15, 0.2) is 0 Å². The summed E-state index contributed by atoms with van der Waals surface area (Å²) in [5, 5.41) is 0. The molecule has 108 valence electrons. The van der Waals surface area contributed by atoms with Crippen LogP contribution in [-0.4, -0.2) is 29.9 Å². The monoisotopic (exact) mass is 264 g/mol. The first-order valence-electron chi connectivity index (χ1n) is 8.17. The number of amides is 1. The van der Waals surface area contributed by atoms with Crippen molar-refractivity contribution in [2.24, 2.45) is 29.4 Å². The summed E-state index contributed by atoms with van der Waals surface area (Å²) in [4.78, 5) is 14.5. The van der Waals surface area contributed by atoms with Crippen molar-refractivity contribution < 1.29 is 4.79 Å². The van der Waals surface area contributed by atoms with Crippen LogP contribution in [0.5, 0.6) is 0 Å². The zero-order valence-corrected chi connectivity index (χ0v) is 12.2. The summed E-state index contributed by atoms with van der Waals surface area (Å²) < 4.78 is 0. The Morgan fingerprint density at radius 3 is 2.47 bits per heavy atom. The number of fused-ring (bicyclic) bond motifs is 2. The van der Waals surface area contributed by atoms with E-state index in [0.29, 0.717) is 17.7 Å². The van der Waals surface area contributed by atoms with Crippen molar-refractivity contribution in [3.05, 3.63) is 0 Å². The van der Waals surface area contributed by atoms with Crippen LogP contribution in [0.4, 0.5) is 0 Å². The van der Waals surface area contributed by atoms with E-state index in [4.69, 9.17) is 5.73 Å². The van der Waals surface area contributed by atoms with Crippen LogP contribution in [0.2, 0.25) is 0 Å². The first-order chi connectivity index (χ1) is 9.13. The summed E-state index contributed by atoms with van der Waals surface area (Å²) in [7, 11) is 0. The van der Waals surface area contributed by atoms with Crippen molar-refractivity contribution in [3.8, 4) is 0 Å². The van der Waals surface area contributed by atoms with E-state index in [9.17, 15) is 4.79 Å². The molecule has 3 nitrogen and oxygen atoms in total. The number of likely N-dealkylation sites (tertiary alicyclic amines) is 1. The fourth-order valence-corrected chi connectivity index (χ4v) is 4.65. The van der Waals surface area contributed by atoms with Crippen LogP contribution < -0.4 is 5.73 Å². The van der Waals surface area contributed by atoms with E-state index in [1.165, 1.54) is 25.7 Å². The first-order valence-corrected chi connectivity index (χ1v) is 8.17. The molecule has 2 N–H and O–H groups in total. The van der Waals surface area contributed by atoms with Gasteiger partial charge in [-0.3, -0.25) is 4.79 Å². The van der Waals surface area contributed by atoms with Gasteiger partial charge in [0, 0.05) is 25.6 Å². The van der Waals surface area contributed by atoms with E-state index in [0.717, 1.165) is 44.2 Å². The van der Waals surface area contributed by atoms with Gasteiger partial charge in [-0.25, -0.2) is 0 Å². The van der Waals surface area contributed by atoms with Gasteiger partial charge in [0.1, 0.15) is 0 Å². The SMILES string of the molecule is CC(N)C1CCN(C(=O)CC2CC3CCC2C3)CC1. The van der Waals surface area contributed by atoms with Gasteiger partial charge < -0.3 is 10.6 Å². The molecule has 4 atom stereocenters. The standard InChI is InChI=1S/C16H28N2O/c1-11(17)13-4-6-18(7-5-13)16(19)10-15-9-12-2-3-14(15)8-12/h11-15H,2-10,17H2,1H3. The predicted octanol–water partition coefficient (Wildman–Crippen LogP) is 2.40. The Hall–Kier alpha value is -0.570. The summed E-state index contributed by atoms with van der Waals surface area (Å²) in [6.07, 6.45) is 8.56. The fourth-order valence-electron chi connectivity index (χ4n) is 4.65. The van der Waals surface area contributed by atoms with Crippen LogP contribution in [0, 0.1) is 23.7 Å². The maximum atomic E-state index is 12.4. The Morgan fingerprint density at radius 1 is 1.21 bits per heavy atom. The van der Waals surface area contributed by atoms with Gasteiger partial charge in [-0.05, 0) is 62.7 Å². The minimum atomic E-state index is 0.280. The number of piperidine rings is 1. The lowest BCUT2D eigenvalue weighted by molar-refractivity contribution is -0.134. The van der Waals surface area contributed by atoms with Gasteiger partial charge >= 0.3 is 0 Å². The highest BCUT2D eigenvalue weighted by Crippen LogP contribution is 2.49. The van der Waals surface area contributed by atoms with Crippen LogP contribution in [-0.2, 0) is 4.79 Å². The first kappa shape index (κ1) is 13.4. The number of hydrogen-bond donors (Lipinski definition) is 1. The average molecular weight is 264 g/mol. The van der Waals surface area contributed by atoms with Gasteiger partial charge in [0.05, 0.1) is 0 Å². The van der Waals surface area contributed by atoms with E-state index in [2.05, 4.69) is 11.8 Å². The van der Waals surface area contributed by atoms with Crippen molar-refractivity contribution in [1.82, 2.24) is 4.90 Å². The highest BCUT2D eigenvalue weighted by molar-refractivity contribution is 5.76. The molecule has 3 fully saturated rings. The van der Waals surface area contributed by atoms with Crippen LogP contribution in [0.1, 0.15) is 51.9 Å². The van der Waals surface area contributed by atoms with E-state index in [1.54, 1.807) is 0 Å². The van der Waals surface area contributed by atoms with Crippen molar-refractivity contribution in [3.63, 3.8) is 0 Å². The Morgan fingerprint density at radius 2 is 1.95 bits per heavy atom. The third kappa shape index (κ3) is 2.81. The molecule has 4 unspecified atom stereocenters. The molecule has 0 radical (unpaired) electrons. The molecule has 0 aromatic rings. The van der Waals surface area contributed by atoms with Crippen molar-refractivity contribution >= 4 is 5.91 Å². The zero-order chi connectivity index (χ0) is 13.4. The second-order valence-corrected chi connectivity index (χ2v) is 7.22. The quantitative estimate of drug-likeness (QED) is 0.851. The van der Waals surface area contributed by atoms with Crippen LogP contribution in [0.3, 0.4) is 0 Å². The summed E-state index contributed by atoms with van der Waals surface area (Å²) in [5.74, 6) is 3.56. The Bertz CT molecular complexity index is 334. The largest absolute Gasteiger partial charge is 0.343 e. The summed E-state index contributed by atoms with van der Waals surface area (Å²) in [5.41, 5.74) is 5.96.